The van der Waals surface area contributed by atoms with E-state index in [1.807, 2.05) is 18.2 Å². The van der Waals surface area contributed by atoms with E-state index in [9.17, 15) is 19.7 Å². The molecule has 0 saturated heterocycles. The molecule has 0 atom stereocenters. The Hall–Kier alpha value is -3.98. The van der Waals surface area contributed by atoms with E-state index >= 15 is 0 Å². The number of rotatable bonds is 6. The number of carbonyl (C=O) groups is 2. The van der Waals surface area contributed by atoms with Gasteiger partial charge in [-0.3, -0.25) is 19.7 Å². The number of non-ortho nitro benzene ring substituents is 1. The molecule has 1 aliphatic rings. The Balaban J connectivity index is 1.49. The van der Waals surface area contributed by atoms with Gasteiger partial charge >= 0.3 is 0 Å². The van der Waals surface area contributed by atoms with Crippen molar-refractivity contribution in [3.63, 3.8) is 0 Å². The van der Waals surface area contributed by atoms with Crippen LogP contribution in [0.1, 0.15) is 56.2 Å². The summed E-state index contributed by atoms with van der Waals surface area (Å²) in [5.74, 6) is -0.00205. The van der Waals surface area contributed by atoms with Crippen LogP contribution >= 0.6 is 11.6 Å². The highest BCUT2D eigenvalue weighted by Crippen LogP contribution is 2.30. The molecule has 0 saturated carbocycles. The first-order valence-electron chi connectivity index (χ1n) is 10.6. The van der Waals surface area contributed by atoms with Gasteiger partial charge in [-0.05, 0) is 43.5 Å². The molecule has 3 aromatic rings. The SMILES string of the molecule is Cc1c(C(=O)NCc2ccccc2Cl)oc2c1/C(=N/NC(=O)c1ccc([N+](=O)[O-])cc1)CCC2. The van der Waals surface area contributed by atoms with E-state index in [4.69, 9.17) is 16.0 Å². The van der Waals surface area contributed by atoms with E-state index in [0.717, 1.165) is 17.5 Å². The topological polar surface area (TPSA) is 127 Å². The first kappa shape index (κ1) is 23.2. The van der Waals surface area contributed by atoms with Crippen LogP contribution in [0.2, 0.25) is 5.02 Å². The summed E-state index contributed by atoms with van der Waals surface area (Å²) in [6.45, 7) is 2.04. The second kappa shape index (κ2) is 9.88. The lowest BCUT2D eigenvalue weighted by Gasteiger charge is -2.13. The highest BCUT2D eigenvalue weighted by molar-refractivity contribution is 6.31. The van der Waals surface area contributed by atoms with Gasteiger partial charge in [0.15, 0.2) is 5.76 Å². The maximum atomic E-state index is 12.8. The Bertz CT molecular complexity index is 1300. The van der Waals surface area contributed by atoms with Crippen LogP contribution in [-0.4, -0.2) is 22.4 Å². The van der Waals surface area contributed by atoms with Crippen molar-refractivity contribution < 1.29 is 18.9 Å². The molecule has 9 nitrogen and oxygen atoms in total. The molecular weight excluding hydrogens is 460 g/mol. The first-order chi connectivity index (χ1) is 16.3. The minimum Gasteiger partial charge on any atom is -0.455 e. The van der Waals surface area contributed by atoms with Gasteiger partial charge in [0.1, 0.15) is 5.76 Å². The fraction of sp³-hybridized carbons (Fsp3) is 0.208. The van der Waals surface area contributed by atoms with Gasteiger partial charge in [-0.1, -0.05) is 29.8 Å². The van der Waals surface area contributed by atoms with E-state index in [1.54, 1.807) is 13.0 Å². The minimum absolute atomic E-state index is 0.103. The lowest BCUT2D eigenvalue weighted by Crippen LogP contribution is -2.23. The van der Waals surface area contributed by atoms with Crippen molar-refractivity contribution in [3.8, 4) is 0 Å². The Morgan fingerprint density at radius 2 is 1.85 bits per heavy atom. The van der Waals surface area contributed by atoms with Crippen molar-refractivity contribution in [1.82, 2.24) is 10.7 Å². The third-order valence-corrected chi connectivity index (χ3v) is 5.93. The molecule has 10 heteroatoms. The Morgan fingerprint density at radius 1 is 1.12 bits per heavy atom. The monoisotopic (exact) mass is 480 g/mol. The normalized spacial score (nSPS) is 13.9. The lowest BCUT2D eigenvalue weighted by molar-refractivity contribution is -0.384. The average molecular weight is 481 g/mol. The quantitative estimate of drug-likeness (QED) is 0.395. The molecule has 2 aromatic carbocycles. The molecule has 0 fully saturated rings. The van der Waals surface area contributed by atoms with Crippen molar-refractivity contribution >= 4 is 34.8 Å². The van der Waals surface area contributed by atoms with Crippen molar-refractivity contribution in [1.29, 1.82) is 0 Å². The molecule has 1 heterocycles. The number of nitro groups is 1. The average Bonchev–Trinajstić information content (AvgIpc) is 3.19. The van der Waals surface area contributed by atoms with Crippen molar-refractivity contribution in [3.05, 3.63) is 97.4 Å². The van der Waals surface area contributed by atoms with Crippen molar-refractivity contribution in [2.45, 2.75) is 32.7 Å². The molecular formula is C24H21ClN4O5. The fourth-order valence-corrected chi connectivity index (χ4v) is 4.01. The molecule has 1 aliphatic carbocycles. The van der Waals surface area contributed by atoms with Gasteiger partial charge in [-0.2, -0.15) is 5.10 Å². The maximum Gasteiger partial charge on any atom is 0.287 e. The van der Waals surface area contributed by atoms with Crippen molar-refractivity contribution in [2.75, 3.05) is 0 Å². The Kier molecular flexibility index (Phi) is 6.74. The molecule has 174 valence electrons. The van der Waals surface area contributed by atoms with E-state index in [1.165, 1.54) is 24.3 Å². The van der Waals surface area contributed by atoms with Crippen LogP contribution in [0, 0.1) is 17.0 Å². The third kappa shape index (κ3) is 4.84. The molecule has 2 N–H and O–H groups in total. The molecule has 0 aliphatic heterocycles. The maximum absolute atomic E-state index is 12.8. The predicted octanol–water partition coefficient (Wildman–Crippen LogP) is 4.55. The van der Waals surface area contributed by atoms with Gasteiger partial charge < -0.3 is 9.73 Å². The van der Waals surface area contributed by atoms with Gasteiger partial charge in [0.2, 0.25) is 0 Å². The molecule has 0 radical (unpaired) electrons. The number of carbonyl (C=O) groups excluding carboxylic acids is 2. The summed E-state index contributed by atoms with van der Waals surface area (Å²) in [6, 6.07) is 12.5. The highest BCUT2D eigenvalue weighted by Gasteiger charge is 2.28. The number of hydrogen-bond acceptors (Lipinski definition) is 6. The summed E-state index contributed by atoms with van der Waals surface area (Å²) in [6.07, 6.45) is 2.02. The zero-order chi connectivity index (χ0) is 24.2. The molecule has 34 heavy (non-hydrogen) atoms. The molecule has 2 amide bonds. The van der Waals surface area contributed by atoms with Gasteiger partial charge in [0.25, 0.3) is 17.5 Å². The number of halogens is 1. The van der Waals surface area contributed by atoms with Gasteiger partial charge in [0, 0.05) is 46.8 Å². The number of benzene rings is 2. The van der Waals surface area contributed by atoms with Gasteiger partial charge in [-0.25, -0.2) is 5.43 Å². The van der Waals surface area contributed by atoms with Crippen molar-refractivity contribution in [2.24, 2.45) is 5.10 Å². The molecule has 0 spiro atoms. The molecule has 0 bridgehead atoms. The van der Waals surface area contributed by atoms with E-state index in [2.05, 4.69) is 15.8 Å². The number of nitrogens with zero attached hydrogens (tertiary/aromatic N) is 2. The second-order valence-electron chi connectivity index (χ2n) is 7.79. The van der Waals surface area contributed by atoms with E-state index in [-0.39, 0.29) is 29.5 Å². The first-order valence-corrected chi connectivity index (χ1v) is 11.0. The zero-order valence-electron chi connectivity index (χ0n) is 18.3. The summed E-state index contributed by atoms with van der Waals surface area (Å²) >= 11 is 6.16. The van der Waals surface area contributed by atoms with Gasteiger partial charge in [0.05, 0.1) is 10.6 Å². The van der Waals surface area contributed by atoms with Crippen LogP contribution in [0.3, 0.4) is 0 Å². The Morgan fingerprint density at radius 3 is 2.56 bits per heavy atom. The third-order valence-electron chi connectivity index (χ3n) is 5.56. The summed E-state index contributed by atoms with van der Waals surface area (Å²) in [5.41, 5.74) is 5.42. The fourth-order valence-electron chi connectivity index (χ4n) is 3.81. The Labute approximate surface area is 199 Å². The summed E-state index contributed by atoms with van der Waals surface area (Å²) in [4.78, 5) is 35.5. The molecule has 4 rings (SSSR count). The van der Waals surface area contributed by atoms with E-state index in [0.29, 0.717) is 34.9 Å². The number of amides is 2. The number of hydrogen-bond donors (Lipinski definition) is 2. The number of furan rings is 1. The lowest BCUT2D eigenvalue weighted by atomic mass is 9.93. The van der Waals surface area contributed by atoms with E-state index < -0.39 is 10.8 Å². The predicted molar refractivity (Wildman–Crippen MR) is 126 cm³/mol. The second-order valence-corrected chi connectivity index (χ2v) is 8.19. The zero-order valence-corrected chi connectivity index (χ0v) is 19.0. The number of fused-ring (bicyclic) bond motifs is 1. The largest absolute Gasteiger partial charge is 0.455 e. The minimum atomic E-state index is -0.532. The highest BCUT2D eigenvalue weighted by atomic mass is 35.5. The van der Waals surface area contributed by atoms with Crippen LogP contribution in [0.4, 0.5) is 5.69 Å². The standard InChI is InChI=1S/C24H21ClN4O5/c1-14-21-19(27-28-23(30)15-9-11-17(12-10-15)29(32)33)7-4-8-20(21)34-22(14)24(31)26-13-16-5-2-3-6-18(16)25/h2-3,5-6,9-12H,4,7-8,13H2,1H3,(H,26,31)(H,28,30)/b27-19+. The summed E-state index contributed by atoms with van der Waals surface area (Å²) in [5, 5.41) is 18.4. The number of aryl methyl sites for hydroxylation is 1. The number of nitrogens with one attached hydrogen (secondary N) is 2. The molecule has 0 unspecified atom stereocenters. The van der Waals surface area contributed by atoms with Crippen LogP contribution < -0.4 is 10.7 Å². The summed E-state index contributed by atoms with van der Waals surface area (Å²) < 4.78 is 5.87. The van der Waals surface area contributed by atoms with Crippen LogP contribution in [0.5, 0.6) is 0 Å². The smallest absolute Gasteiger partial charge is 0.287 e. The number of nitro benzene ring substituents is 1. The summed E-state index contributed by atoms with van der Waals surface area (Å²) in [7, 11) is 0. The van der Waals surface area contributed by atoms with Crippen LogP contribution in [0.25, 0.3) is 0 Å². The van der Waals surface area contributed by atoms with Crippen LogP contribution in [-0.2, 0) is 13.0 Å². The van der Waals surface area contributed by atoms with Gasteiger partial charge in [-0.15, -0.1) is 0 Å². The van der Waals surface area contributed by atoms with Crippen LogP contribution in [0.15, 0.2) is 58.0 Å². The molecule has 1 aromatic heterocycles. The number of hydrazone groups is 1.